The number of aryl methyl sites for hydroxylation is 1. The SMILES string of the molecule is CCn1c(SCC(=O)Nc2ccc(Cl)c(Br)c2)nnc1[C@@H](NC(=O)c1cccc(C)c1)C(C)C. The summed E-state index contributed by atoms with van der Waals surface area (Å²) in [4.78, 5) is 25.4. The van der Waals surface area contributed by atoms with Crippen LogP contribution in [0.4, 0.5) is 5.69 Å². The first kappa shape index (κ1) is 26.2. The van der Waals surface area contributed by atoms with Crippen molar-refractivity contribution in [3.8, 4) is 0 Å². The van der Waals surface area contributed by atoms with Crippen molar-refractivity contribution < 1.29 is 9.59 Å². The summed E-state index contributed by atoms with van der Waals surface area (Å²) in [5.74, 6) is 0.603. The monoisotopic (exact) mass is 563 g/mol. The highest BCUT2D eigenvalue weighted by Gasteiger charge is 2.26. The Labute approximate surface area is 217 Å². The Hall–Kier alpha value is -2.36. The summed E-state index contributed by atoms with van der Waals surface area (Å²) in [6.07, 6.45) is 0. The maximum atomic E-state index is 12.9. The van der Waals surface area contributed by atoms with Crippen molar-refractivity contribution >= 4 is 56.8 Å². The lowest BCUT2D eigenvalue weighted by Gasteiger charge is -2.22. The van der Waals surface area contributed by atoms with Crippen molar-refractivity contribution in [1.29, 1.82) is 0 Å². The first-order valence-corrected chi connectivity index (χ1v) is 13.0. The first-order chi connectivity index (χ1) is 16.2. The maximum absolute atomic E-state index is 12.9. The van der Waals surface area contributed by atoms with E-state index in [4.69, 9.17) is 11.6 Å². The van der Waals surface area contributed by atoms with Crippen molar-refractivity contribution in [2.24, 2.45) is 5.92 Å². The number of carbonyl (C=O) groups is 2. The third-order valence-electron chi connectivity index (χ3n) is 5.11. The van der Waals surface area contributed by atoms with E-state index in [-0.39, 0.29) is 29.5 Å². The Bertz CT molecular complexity index is 1180. The predicted octanol–water partition coefficient (Wildman–Crippen LogP) is 5.88. The number of amides is 2. The molecule has 0 aliphatic rings. The second-order valence-electron chi connectivity index (χ2n) is 8.12. The summed E-state index contributed by atoms with van der Waals surface area (Å²) >= 11 is 10.7. The standard InChI is InChI=1S/C24H27BrClN5O2S/c1-5-31-22(21(14(2)3)28-23(33)16-8-6-7-15(4)11-16)29-30-24(31)34-13-20(32)27-17-9-10-19(26)18(25)12-17/h6-12,14,21H,5,13H2,1-4H3,(H,27,32)(H,28,33)/t21-/m0/s1. The van der Waals surface area contributed by atoms with Gasteiger partial charge in [-0.2, -0.15) is 0 Å². The summed E-state index contributed by atoms with van der Waals surface area (Å²) in [6, 6.07) is 12.4. The van der Waals surface area contributed by atoms with Crippen LogP contribution >= 0.6 is 39.3 Å². The van der Waals surface area contributed by atoms with Gasteiger partial charge >= 0.3 is 0 Å². The van der Waals surface area contributed by atoms with Gasteiger partial charge in [-0.1, -0.05) is 54.9 Å². The van der Waals surface area contributed by atoms with Gasteiger partial charge < -0.3 is 15.2 Å². The normalized spacial score (nSPS) is 12.0. The molecule has 2 aromatic carbocycles. The van der Waals surface area contributed by atoms with Crippen LogP contribution in [0.25, 0.3) is 0 Å². The number of nitrogens with zero attached hydrogens (tertiary/aromatic N) is 3. The quantitative estimate of drug-likeness (QED) is 0.317. The van der Waals surface area contributed by atoms with E-state index >= 15 is 0 Å². The average molecular weight is 565 g/mol. The molecule has 180 valence electrons. The van der Waals surface area contributed by atoms with Crippen LogP contribution in [0.3, 0.4) is 0 Å². The van der Waals surface area contributed by atoms with Gasteiger partial charge in [0.2, 0.25) is 5.91 Å². The van der Waals surface area contributed by atoms with E-state index in [1.54, 1.807) is 24.3 Å². The number of benzene rings is 2. The van der Waals surface area contributed by atoms with Crippen LogP contribution in [0.1, 0.15) is 48.6 Å². The fraction of sp³-hybridized carbons (Fsp3) is 0.333. The number of aromatic nitrogens is 3. The number of hydrogen-bond acceptors (Lipinski definition) is 5. The molecule has 0 saturated heterocycles. The Morgan fingerprint density at radius 3 is 2.59 bits per heavy atom. The Kier molecular flexibility index (Phi) is 9.16. The van der Waals surface area contributed by atoms with Gasteiger partial charge in [0.25, 0.3) is 5.91 Å². The number of hydrogen-bond donors (Lipinski definition) is 2. The summed E-state index contributed by atoms with van der Waals surface area (Å²) < 4.78 is 2.65. The second kappa shape index (κ2) is 11.9. The lowest BCUT2D eigenvalue weighted by Crippen LogP contribution is -2.33. The number of carbonyl (C=O) groups excluding carboxylic acids is 2. The van der Waals surface area contributed by atoms with Crippen molar-refractivity contribution in [2.45, 2.75) is 45.4 Å². The van der Waals surface area contributed by atoms with E-state index in [2.05, 4.69) is 36.8 Å². The molecule has 7 nitrogen and oxygen atoms in total. The van der Waals surface area contributed by atoms with Crippen LogP contribution in [0.5, 0.6) is 0 Å². The highest BCUT2D eigenvalue weighted by molar-refractivity contribution is 9.10. The molecular weight excluding hydrogens is 538 g/mol. The zero-order valence-electron chi connectivity index (χ0n) is 19.4. The van der Waals surface area contributed by atoms with Gasteiger partial charge in [0.15, 0.2) is 11.0 Å². The van der Waals surface area contributed by atoms with Gasteiger partial charge in [0.05, 0.1) is 16.8 Å². The van der Waals surface area contributed by atoms with E-state index in [1.165, 1.54) is 11.8 Å². The summed E-state index contributed by atoms with van der Waals surface area (Å²) in [5.41, 5.74) is 2.28. The summed E-state index contributed by atoms with van der Waals surface area (Å²) in [5, 5.41) is 15.8. The van der Waals surface area contributed by atoms with Gasteiger partial charge in [-0.15, -0.1) is 10.2 Å². The molecule has 2 N–H and O–H groups in total. The third-order valence-corrected chi connectivity index (χ3v) is 7.29. The molecular formula is C24H27BrClN5O2S. The molecule has 0 radical (unpaired) electrons. The van der Waals surface area contributed by atoms with Crippen molar-refractivity contribution in [1.82, 2.24) is 20.1 Å². The Balaban J connectivity index is 1.71. The molecule has 10 heteroatoms. The van der Waals surface area contributed by atoms with E-state index in [1.807, 2.05) is 50.5 Å². The predicted molar refractivity (Wildman–Crippen MR) is 140 cm³/mol. The summed E-state index contributed by atoms with van der Waals surface area (Å²) in [6.45, 7) is 8.61. The molecule has 0 unspecified atom stereocenters. The molecule has 0 bridgehead atoms. The average Bonchev–Trinajstić information content (AvgIpc) is 3.20. The number of rotatable bonds is 9. The maximum Gasteiger partial charge on any atom is 0.251 e. The molecule has 1 atom stereocenters. The van der Waals surface area contributed by atoms with Crippen LogP contribution in [0.15, 0.2) is 52.1 Å². The van der Waals surface area contributed by atoms with Gasteiger partial charge in [0.1, 0.15) is 0 Å². The number of nitrogens with one attached hydrogen (secondary N) is 2. The van der Waals surface area contributed by atoms with Crippen LogP contribution < -0.4 is 10.6 Å². The Morgan fingerprint density at radius 2 is 1.94 bits per heavy atom. The minimum atomic E-state index is -0.324. The minimum Gasteiger partial charge on any atom is -0.342 e. The minimum absolute atomic E-state index is 0.0905. The smallest absolute Gasteiger partial charge is 0.251 e. The first-order valence-electron chi connectivity index (χ1n) is 10.9. The van der Waals surface area contributed by atoms with Crippen LogP contribution in [0.2, 0.25) is 5.02 Å². The molecule has 0 saturated carbocycles. The van der Waals surface area contributed by atoms with Gasteiger partial charge in [-0.05, 0) is 66.0 Å². The fourth-order valence-corrected chi connectivity index (χ4v) is 4.68. The van der Waals surface area contributed by atoms with Crippen molar-refractivity contribution in [3.63, 3.8) is 0 Å². The molecule has 1 heterocycles. The van der Waals surface area contributed by atoms with E-state index in [0.29, 0.717) is 38.3 Å². The van der Waals surface area contributed by atoms with Crippen LogP contribution in [-0.4, -0.2) is 32.3 Å². The van der Waals surface area contributed by atoms with E-state index in [9.17, 15) is 9.59 Å². The molecule has 3 rings (SSSR count). The number of anilines is 1. The molecule has 1 aromatic heterocycles. The summed E-state index contributed by atoms with van der Waals surface area (Å²) in [7, 11) is 0. The number of thioether (sulfide) groups is 1. The molecule has 0 aliphatic heterocycles. The highest BCUT2D eigenvalue weighted by Crippen LogP contribution is 2.27. The van der Waals surface area contributed by atoms with E-state index in [0.717, 1.165) is 5.56 Å². The molecule has 3 aromatic rings. The topological polar surface area (TPSA) is 88.9 Å². The van der Waals surface area contributed by atoms with Gasteiger partial charge in [-0.3, -0.25) is 9.59 Å². The molecule has 0 fully saturated rings. The van der Waals surface area contributed by atoms with E-state index < -0.39 is 0 Å². The lowest BCUT2D eigenvalue weighted by molar-refractivity contribution is -0.113. The third kappa shape index (κ3) is 6.61. The zero-order valence-corrected chi connectivity index (χ0v) is 22.6. The molecule has 34 heavy (non-hydrogen) atoms. The fourth-order valence-electron chi connectivity index (χ4n) is 3.38. The Morgan fingerprint density at radius 1 is 1.18 bits per heavy atom. The lowest BCUT2D eigenvalue weighted by atomic mass is 10.0. The second-order valence-corrected chi connectivity index (χ2v) is 10.3. The molecule has 0 spiro atoms. The molecule has 2 amide bonds. The van der Waals surface area contributed by atoms with Crippen LogP contribution in [0, 0.1) is 12.8 Å². The van der Waals surface area contributed by atoms with Crippen molar-refractivity contribution in [2.75, 3.05) is 11.1 Å². The molecule has 0 aliphatic carbocycles. The van der Waals surface area contributed by atoms with Crippen molar-refractivity contribution in [3.05, 3.63) is 68.9 Å². The zero-order chi connectivity index (χ0) is 24.8. The highest BCUT2D eigenvalue weighted by atomic mass is 79.9. The van der Waals surface area contributed by atoms with Gasteiger partial charge in [0, 0.05) is 22.3 Å². The largest absolute Gasteiger partial charge is 0.342 e. The number of halogens is 2. The van der Waals surface area contributed by atoms with Crippen LogP contribution in [-0.2, 0) is 11.3 Å². The van der Waals surface area contributed by atoms with Gasteiger partial charge in [-0.25, -0.2) is 0 Å².